The Bertz CT molecular complexity index is 749. The fraction of sp³-hybridized carbons (Fsp3) is 0.188. The highest BCUT2D eigenvalue weighted by molar-refractivity contribution is 7.10. The number of thiazole rings is 1. The molecule has 1 unspecified atom stereocenters. The second kappa shape index (κ2) is 5.23. The van der Waals surface area contributed by atoms with Crippen molar-refractivity contribution in [2.24, 2.45) is 5.73 Å². The highest BCUT2D eigenvalue weighted by Crippen LogP contribution is 2.37. The molecule has 20 heavy (non-hydrogen) atoms. The molecule has 4 heteroatoms. The number of rotatable bonds is 3. The molecule has 102 valence electrons. The smallest absolute Gasteiger partial charge is 0.128 e. The van der Waals surface area contributed by atoms with E-state index in [0.29, 0.717) is 0 Å². The Kier molecular flexibility index (Phi) is 3.42. The molecule has 0 aliphatic rings. The zero-order valence-corrected chi connectivity index (χ0v) is 12.3. The van der Waals surface area contributed by atoms with Crippen LogP contribution in [-0.4, -0.2) is 12.1 Å². The normalized spacial score (nSPS) is 12.6. The molecule has 0 bridgehead atoms. The van der Waals surface area contributed by atoms with Gasteiger partial charge in [0, 0.05) is 5.38 Å². The summed E-state index contributed by atoms with van der Waals surface area (Å²) in [5, 5.41) is 5.31. The molecular formula is C16H16N2OS. The Hall–Kier alpha value is -1.91. The molecule has 0 amide bonds. The Morgan fingerprint density at radius 3 is 2.70 bits per heavy atom. The third-order valence-electron chi connectivity index (χ3n) is 3.28. The van der Waals surface area contributed by atoms with Crippen molar-refractivity contribution >= 4 is 22.1 Å². The molecule has 0 aliphatic heterocycles. The molecule has 0 radical (unpaired) electrons. The van der Waals surface area contributed by atoms with Crippen LogP contribution in [-0.2, 0) is 0 Å². The van der Waals surface area contributed by atoms with E-state index in [1.54, 1.807) is 18.4 Å². The lowest BCUT2D eigenvalue weighted by atomic mass is 10.0. The van der Waals surface area contributed by atoms with Crippen LogP contribution in [0.5, 0.6) is 5.75 Å². The Morgan fingerprint density at radius 2 is 2.00 bits per heavy atom. The maximum atomic E-state index is 5.90. The minimum absolute atomic E-state index is 0.0466. The topological polar surface area (TPSA) is 48.1 Å². The zero-order valence-electron chi connectivity index (χ0n) is 11.5. The SMILES string of the molecule is COc1ccc2ccccc2c1-c1csc(C(C)N)n1. The molecule has 0 fully saturated rings. The first-order valence-corrected chi connectivity index (χ1v) is 7.36. The van der Waals surface area contributed by atoms with Gasteiger partial charge in [0.15, 0.2) is 0 Å². The van der Waals surface area contributed by atoms with E-state index >= 15 is 0 Å². The van der Waals surface area contributed by atoms with Crippen LogP contribution in [0.25, 0.3) is 22.0 Å². The quantitative estimate of drug-likeness (QED) is 0.791. The van der Waals surface area contributed by atoms with Crippen LogP contribution in [0, 0.1) is 0 Å². The number of hydrogen-bond donors (Lipinski definition) is 1. The summed E-state index contributed by atoms with van der Waals surface area (Å²) < 4.78 is 5.51. The van der Waals surface area contributed by atoms with Crippen LogP contribution in [0.1, 0.15) is 18.0 Å². The molecular weight excluding hydrogens is 268 g/mol. The number of nitrogens with two attached hydrogens (primary N) is 1. The van der Waals surface area contributed by atoms with Crippen LogP contribution in [0.3, 0.4) is 0 Å². The van der Waals surface area contributed by atoms with Gasteiger partial charge >= 0.3 is 0 Å². The lowest BCUT2D eigenvalue weighted by Crippen LogP contribution is -2.04. The summed E-state index contributed by atoms with van der Waals surface area (Å²) in [7, 11) is 1.69. The van der Waals surface area contributed by atoms with Gasteiger partial charge in [0.1, 0.15) is 10.8 Å². The summed E-state index contributed by atoms with van der Waals surface area (Å²) in [4.78, 5) is 4.65. The standard InChI is InChI=1S/C16H16N2OS/c1-10(17)16-18-13(9-20-16)15-12-6-4-3-5-11(12)7-8-14(15)19-2/h3-10H,17H2,1-2H3. The predicted molar refractivity (Wildman–Crippen MR) is 84.2 cm³/mol. The minimum atomic E-state index is -0.0466. The van der Waals surface area contributed by atoms with Gasteiger partial charge in [-0.3, -0.25) is 0 Å². The van der Waals surface area contributed by atoms with Gasteiger partial charge < -0.3 is 10.5 Å². The van der Waals surface area contributed by atoms with E-state index in [1.807, 2.05) is 30.5 Å². The second-order valence-corrected chi connectivity index (χ2v) is 5.61. The van der Waals surface area contributed by atoms with E-state index < -0.39 is 0 Å². The lowest BCUT2D eigenvalue weighted by molar-refractivity contribution is 0.417. The number of methoxy groups -OCH3 is 1. The predicted octanol–water partition coefficient (Wildman–Crippen LogP) is 3.99. The van der Waals surface area contributed by atoms with Gasteiger partial charge in [-0.05, 0) is 23.8 Å². The van der Waals surface area contributed by atoms with Crippen LogP contribution in [0.15, 0.2) is 41.8 Å². The first-order valence-electron chi connectivity index (χ1n) is 6.48. The average Bonchev–Trinajstić information content (AvgIpc) is 2.95. The molecule has 1 heterocycles. The van der Waals surface area contributed by atoms with Gasteiger partial charge in [-0.15, -0.1) is 11.3 Å². The average molecular weight is 284 g/mol. The van der Waals surface area contributed by atoms with Crippen molar-refractivity contribution in [2.45, 2.75) is 13.0 Å². The fourth-order valence-electron chi connectivity index (χ4n) is 2.30. The van der Waals surface area contributed by atoms with E-state index in [-0.39, 0.29) is 6.04 Å². The van der Waals surface area contributed by atoms with E-state index in [1.165, 1.54) is 5.39 Å². The summed E-state index contributed by atoms with van der Waals surface area (Å²) in [6.07, 6.45) is 0. The van der Waals surface area contributed by atoms with Crippen molar-refractivity contribution < 1.29 is 4.74 Å². The van der Waals surface area contributed by atoms with Gasteiger partial charge in [0.25, 0.3) is 0 Å². The van der Waals surface area contributed by atoms with Gasteiger partial charge in [-0.1, -0.05) is 30.3 Å². The molecule has 0 saturated carbocycles. The fourth-order valence-corrected chi connectivity index (χ4v) is 3.07. The monoisotopic (exact) mass is 284 g/mol. The van der Waals surface area contributed by atoms with Crippen LogP contribution < -0.4 is 10.5 Å². The molecule has 3 nitrogen and oxygen atoms in total. The number of ether oxygens (including phenoxy) is 1. The van der Waals surface area contributed by atoms with Crippen molar-refractivity contribution in [3.8, 4) is 17.0 Å². The largest absolute Gasteiger partial charge is 0.496 e. The third-order valence-corrected chi connectivity index (χ3v) is 4.32. The molecule has 0 saturated heterocycles. The van der Waals surface area contributed by atoms with Crippen molar-refractivity contribution in [3.05, 3.63) is 46.8 Å². The first-order chi connectivity index (χ1) is 9.70. The lowest BCUT2D eigenvalue weighted by Gasteiger charge is -2.10. The molecule has 1 aromatic heterocycles. The van der Waals surface area contributed by atoms with Crippen LogP contribution in [0.4, 0.5) is 0 Å². The maximum Gasteiger partial charge on any atom is 0.128 e. The molecule has 2 N–H and O–H groups in total. The van der Waals surface area contributed by atoms with E-state index in [0.717, 1.165) is 27.4 Å². The van der Waals surface area contributed by atoms with Crippen molar-refractivity contribution in [1.29, 1.82) is 0 Å². The van der Waals surface area contributed by atoms with E-state index in [9.17, 15) is 0 Å². The molecule has 3 rings (SSSR count). The van der Waals surface area contributed by atoms with E-state index in [4.69, 9.17) is 10.5 Å². The van der Waals surface area contributed by atoms with Gasteiger partial charge in [0.2, 0.25) is 0 Å². The summed E-state index contributed by atoms with van der Waals surface area (Å²) >= 11 is 1.59. The highest BCUT2D eigenvalue weighted by atomic mass is 32.1. The summed E-state index contributed by atoms with van der Waals surface area (Å²) in [5.74, 6) is 0.838. The number of nitrogens with zero attached hydrogens (tertiary/aromatic N) is 1. The number of aromatic nitrogens is 1. The minimum Gasteiger partial charge on any atom is -0.496 e. The van der Waals surface area contributed by atoms with Crippen molar-refractivity contribution in [1.82, 2.24) is 4.98 Å². The van der Waals surface area contributed by atoms with Gasteiger partial charge in [-0.25, -0.2) is 4.98 Å². The maximum absolute atomic E-state index is 5.90. The summed E-state index contributed by atoms with van der Waals surface area (Å²) in [6, 6.07) is 12.3. The highest BCUT2D eigenvalue weighted by Gasteiger charge is 2.14. The number of hydrogen-bond acceptors (Lipinski definition) is 4. The Balaban J connectivity index is 2.26. The summed E-state index contributed by atoms with van der Waals surface area (Å²) in [6.45, 7) is 1.95. The van der Waals surface area contributed by atoms with Crippen molar-refractivity contribution in [3.63, 3.8) is 0 Å². The Labute approximate surface area is 122 Å². The zero-order chi connectivity index (χ0) is 14.1. The number of fused-ring (bicyclic) bond motifs is 1. The van der Waals surface area contributed by atoms with Crippen molar-refractivity contribution in [2.75, 3.05) is 7.11 Å². The second-order valence-electron chi connectivity index (χ2n) is 4.72. The van der Waals surface area contributed by atoms with Crippen LogP contribution in [0.2, 0.25) is 0 Å². The summed E-state index contributed by atoms with van der Waals surface area (Å²) in [5.41, 5.74) is 7.87. The molecule has 3 aromatic rings. The number of benzene rings is 2. The molecule has 2 aromatic carbocycles. The molecule has 0 spiro atoms. The molecule has 0 aliphatic carbocycles. The Morgan fingerprint density at radius 1 is 1.20 bits per heavy atom. The van der Waals surface area contributed by atoms with Gasteiger partial charge in [0.05, 0.1) is 24.4 Å². The van der Waals surface area contributed by atoms with Gasteiger partial charge in [-0.2, -0.15) is 0 Å². The molecule has 1 atom stereocenters. The van der Waals surface area contributed by atoms with Crippen LogP contribution >= 0.6 is 11.3 Å². The first kappa shape index (κ1) is 13.1. The third kappa shape index (κ3) is 2.17. The van der Waals surface area contributed by atoms with E-state index in [2.05, 4.69) is 23.2 Å².